The number of aryl methyl sites for hydroxylation is 2. The van der Waals surface area contributed by atoms with E-state index in [0.29, 0.717) is 34.1 Å². The van der Waals surface area contributed by atoms with Crippen LogP contribution in [0.4, 0.5) is 0 Å². The third kappa shape index (κ3) is 4.18. The van der Waals surface area contributed by atoms with Crippen LogP contribution in [0.1, 0.15) is 16.7 Å². The lowest BCUT2D eigenvalue weighted by Crippen LogP contribution is -2.05. The van der Waals surface area contributed by atoms with Crippen LogP contribution < -0.4 is 14.9 Å². The molecule has 0 bridgehead atoms. The van der Waals surface area contributed by atoms with Crippen LogP contribution in [0, 0.1) is 13.8 Å². The molecule has 0 radical (unpaired) electrons. The van der Waals surface area contributed by atoms with Gasteiger partial charge in [-0.3, -0.25) is 4.79 Å². The topological polar surface area (TPSA) is 48.7 Å². The summed E-state index contributed by atoms with van der Waals surface area (Å²) in [7, 11) is 0. The maximum Gasteiger partial charge on any atom is 0.235 e. The monoisotopic (exact) mass is 456 g/mol. The fourth-order valence-corrected chi connectivity index (χ4v) is 4.03. The van der Waals surface area contributed by atoms with E-state index in [9.17, 15) is 4.79 Å². The minimum atomic E-state index is -0.248. The molecule has 0 aliphatic heterocycles. The molecule has 0 saturated carbocycles. The van der Waals surface area contributed by atoms with Crippen molar-refractivity contribution in [3.05, 3.63) is 111 Å². The van der Waals surface area contributed by atoms with E-state index < -0.39 is 0 Å². The second-order valence-corrected chi connectivity index (χ2v) is 8.37. The predicted molar refractivity (Wildman–Crippen MR) is 132 cm³/mol. The molecule has 5 heteroatoms. The molecule has 0 amide bonds. The number of ether oxygens (including phenoxy) is 2. The number of benzene rings is 4. The van der Waals surface area contributed by atoms with Crippen molar-refractivity contribution >= 4 is 33.3 Å². The molecule has 4 nitrogen and oxygen atoms in total. The van der Waals surface area contributed by atoms with Crippen LogP contribution in [0.2, 0.25) is 5.02 Å². The summed E-state index contributed by atoms with van der Waals surface area (Å²) < 4.78 is 17.5. The highest BCUT2D eigenvalue weighted by molar-refractivity contribution is 6.32. The van der Waals surface area contributed by atoms with Gasteiger partial charge in [-0.15, -0.1) is 0 Å². The number of hydrogen-bond donors (Lipinski definition) is 0. The van der Waals surface area contributed by atoms with Crippen LogP contribution in [0.5, 0.6) is 17.2 Å². The van der Waals surface area contributed by atoms with E-state index in [1.165, 1.54) is 11.6 Å². The SMILES string of the molecule is Cc1cc(Oc2coc3cc(OCc4cccc5ccccc45)ccc3c2=O)cc(C)c1Cl. The Labute approximate surface area is 196 Å². The molecule has 0 atom stereocenters. The molecule has 0 saturated heterocycles. The molecule has 4 aromatic carbocycles. The van der Waals surface area contributed by atoms with Gasteiger partial charge in [-0.1, -0.05) is 54.1 Å². The van der Waals surface area contributed by atoms with Gasteiger partial charge in [0, 0.05) is 11.1 Å². The van der Waals surface area contributed by atoms with Gasteiger partial charge in [0.2, 0.25) is 11.2 Å². The second-order valence-electron chi connectivity index (χ2n) is 7.99. The standard InChI is InChI=1S/C28H21ClO4/c1-17-12-22(13-18(2)27(17)29)33-26-16-32-25-14-21(10-11-24(25)28(26)30)31-15-20-8-5-7-19-6-3-4-9-23(19)20/h3-14,16H,15H2,1-2H3. The molecule has 0 N–H and O–H groups in total. The highest BCUT2D eigenvalue weighted by atomic mass is 35.5. The Morgan fingerprint density at radius 3 is 2.42 bits per heavy atom. The average Bonchev–Trinajstić information content (AvgIpc) is 2.83. The van der Waals surface area contributed by atoms with Crippen LogP contribution in [0.15, 0.2) is 88.3 Å². The molecule has 0 spiro atoms. The first-order chi connectivity index (χ1) is 16.0. The summed E-state index contributed by atoms with van der Waals surface area (Å²) in [5, 5.41) is 3.43. The van der Waals surface area contributed by atoms with Gasteiger partial charge >= 0.3 is 0 Å². The molecule has 5 aromatic rings. The smallest absolute Gasteiger partial charge is 0.235 e. The third-order valence-corrected chi connectivity index (χ3v) is 6.22. The zero-order valence-electron chi connectivity index (χ0n) is 18.2. The molecule has 1 heterocycles. The lowest BCUT2D eigenvalue weighted by atomic mass is 10.1. The summed E-state index contributed by atoms with van der Waals surface area (Å²) in [5.41, 5.74) is 3.04. The Balaban J connectivity index is 1.39. The van der Waals surface area contributed by atoms with Gasteiger partial charge in [-0.2, -0.15) is 0 Å². The van der Waals surface area contributed by atoms with Gasteiger partial charge in [0.25, 0.3) is 0 Å². The summed E-state index contributed by atoms with van der Waals surface area (Å²) in [6.07, 6.45) is 1.33. The minimum absolute atomic E-state index is 0.119. The molecule has 5 rings (SSSR count). The summed E-state index contributed by atoms with van der Waals surface area (Å²) >= 11 is 6.22. The largest absolute Gasteiger partial charge is 0.489 e. The van der Waals surface area contributed by atoms with Gasteiger partial charge in [-0.25, -0.2) is 0 Å². The van der Waals surface area contributed by atoms with Gasteiger partial charge in [-0.05, 0) is 65.6 Å². The van der Waals surface area contributed by atoms with Crippen molar-refractivity contribution in [1.29, 1.82) is 0 Å². The summed E-state index contributed by atoms with van der Waals surface area (Å²) in [4.78, 5) is 13.0. The number of halogens is 1. The number of fused-ring (bicyclic) bond motifs is 2. The van der Waals surface area contributed by atoms with Gasteiger partial charge in [0.05, 0.1) is 5.39 Å². The zero-order valence-corrected chi connectivity index (χ0v) is 19.0. The first-order valence-corrected chi connectivity index (χ1v) is 11.0. The summed E-state index contributed by atoms with van der Waals surface area (Å²) in [6.45, 7) is 4.20. The van der Waals surface area contributed by atoms with Crippen molar-refractivity contribution < 1.29 is 13.9 Å². The normalized spacial score (nSPS) is 11.1. The first-order valence-electron chi connectivity index (χ1n) is 10.6. The van der Waals surface area contributed by atoms with E-state index in [4.69, 9.17) is 25.5 Å². The fraction of sp³-hybridized carbons (Fsp3) is 0.107. The summed E-state index contributed by atoms with van der Waals surface area (Å²) in [5.74, 6) is 1.28. The minimum Gasteiger partial charge on any atom is -0.489 e. The van der Waals surface area contributed by atoms with Gasteiger partial charge in [0.1, 0.15) is 30.0 Å². The predicted octanol–water partition coefficient (Wildman–Crippen LogP) is 7.59. The lowest BCUT2D eigenvalue weighted by molar-refractivity contribution is 0.307. The van der Waals surface area contributed by atoms with E-state index in [1.54, 1.807) is 30.3 Å². The van der Waals surface area contributed by atoms with Crippen LogP contribution >= 0.6 is 11.6 Å². The maximum atomic E-state index is 13.0. The Bertz CT molecular complexity index is 1520. The highest BCUT2D eigenvalue weighted by Crippen LogP contribution is 2.29. The van der Waals surface area contributed by atoms with Crippen molar-refractivity contribution in [3.63, 3.8) is 0 Å². The van der Waals surface area contributed by atoms with E-state index in [-0.39, 0.29) is 11.2 Å². The Morgan fingerprint density at radius 1 is 0.848 bits per heavy atom. The Morgan fingerprint density at radius 2 is 1.61 bits per heavy atom. The van der Waals surface area contributed by atoms with Crippen molar-refractivity contribution in [3.8, 4) is 17.2 Å². The van der Waals surface area contributed by atoms with E-state index in [2.05, 4.69) is 18.2 Å². The first kappa shape index (κ1) is 21.1. The molecule has 0 aliphatic rings. The molecule has 0 fully saturated rings. The molecule has 0 aliphatic carbocycles. The Hall–Kier alpha value is -3.76. The number of hydrogen-bond acceptors (Lipinski definition) is 4. The zero-order chi connectivity index (χ0) is 22.9. The average molecular weight is 457 g/mol. The summed E-state index contributed by atoms with van der Waals surface area (Å²) in [6, 6.07) is 23.1. The van der Waals surface area contributed by atoms with Crippen molar-refractivity contribution in [2.45, 2.75) is 20.5 Å². The van der Waals surface area contributed by atoms with Crippen LogP contribution in [-0.4, -0.2) is 0 Å². The quantitative estimate of drug-likeness (QED) is 0.273. The molecule has 33 heavy (non-hydrogen) atoms. The molecular weight excluding hydrogens is 436 g/mol. The molecule has 0 unspecified atom stereocenters. The van der Waals surface area contributed by atoms with Gasteiger partial charge < -0.3 is 13.9 Å². The molecule has 164 valence electrons. The van der Waals surface area contributed by atoms with Crippen molar-refractivity contribution in [1.82, 2.24) is 0 Å². The van der Waals surface area contributed by atoms with Gasteiger partial charge in [0.15, 0.2) is 0 Å². The highest BCUT2D eigenvalue weighted by Gasteiger charge is 2.12. The third-order valence-electron chi connectivity index (χ3n) is 5.63. The lowest BCUT2D eigenvalue weighted by Gasteiger charge is -2.11. The maximum absolute atomic E-state index is 13.0. The van der Waals surface area contributed by atoms with E-state index in [1.807, 2.05) is 38.1 Å². The van der Waals surface area contributed by atoms with Crippen molar-refractivity contribution in [2.24, 2.45) is 0 Å². The Kier molecular flexibility index (Phi) is 5.53. The van der Waals surface area contributed by atoms with Crippen molar-refractivity contribution in [2.75, 3.05) is 0 Å². The van der Waals surface area contributed by atoms with E-state index >= 15 is 0 Å². The second kappa shape index (κ2) is 8.64. The molecule has 1 aromatic heterocycles. The molecular formula is C28H21ClO4. The van der Waals surface area contributed by atoms with E-state index in [0.717, 1.165) is 22.1 Å². The number of rotatable bonds is 5. The van der Waals surface area contributed by atoms with Crippen LogP contribution in [-0.2, 0) is 6.61 Å². The van der Waals surface area contributed by atoms with Crippen LogP contribution in [0.25, 0.3) is 21.7 Å². The fourth-order valence-electron chi connectivity index (χ4n) is 3.92. The van der Waals surface area contributed by atoms with Crippen LogP contribution in [0.3, 0.4) is 0 Å².